The lowest BCUT2D eigenvalue weighted by Gasteiger charge is -2.12. The summed E-state index contributed by atoms with van der Waals surface area (Å²) in [5, 5.41) is 6.43. The maximum Gasteiger partial charge on any atom is 0.280 e. The number of amides is 1. The van der Waals surface area contributed by atoms with Crippen molar-refractivity contribution < 1.29 is 14.3 Å². The Kier molecular flexibility index (Phi) is 6.07. The first-order chi connectivity index (χ1) is 13.4. The fraction of sp³-hybridized carbons (Fsp3) is 0.143. The predicted molar refractivity (Wildman–Crippen MR) is 114 cm³/mol. The van der Waals surface area contributed by atoms with Crippen LogP contribution >= 0.6 is 23.2 Å². The molecule has 144 valence electrons. The van der Waals surface area contributed by atoms with E-state index in [4.69, 9.17) is 32.7 Å². The summed E-state index contributed by atoms with van der Waals surface area (Å²) in [6, 6.07) is 10.4. The molecule has 2 aromatic rings. The van der Waals surface area contributed by atoms with Crippen molar-refractivity contribution in [3.05, 3.63) is 70.2 Å². The van der Waals surface area contributed by atoms with Gasteiger partial charge in [-0.15, -0.1) is 0 Å². The molecule has 0 saturated carbocycles. The molecule has 28 heavy (non-hydrogen) atoms. The highest BCUT2D eigenvalue weighted by atomic mass is 35.5. The molecule has 0 aromatic heterocycles. The van der Waals surface area contributed by atoms with E-state index in [1.165, 1.54) is 5.01 Å². The molecule has 0 fully saturated rings. The lowest BCUT2D eigenvalue weighted by Crippen LogP contribution is -2.21. The van der Waals surface area contributed by atoms with Crippen molar-refractivity contribution in [1.82, 2.24) is 0 Å². The van der Waals surface area contributed by atoms with Crippen LogP contribution in [0.1, 0.15) is 12.5 Å². The van der Waals surface area contributed by atoms with Crippen molar-refractivity contribution in [3.8, 4) is 11.5 Å². The van der Waals surface area contributed by atoms with Gasteiger partial charge in [-0.1, -0.05) is 41.9 Å². The zero-order valence-corrected chi connectivity index (χ0v) is 16.9. The van der Waals surface area contributed by atoms with E-state index in [-0.39, 0.29) is 5.91 Å². The first-order valence-corrected chi connectivity index (χ1v) is 9.18. The largest absolute Gasteiger partial charge is 0.493 e. The molecule has 5 nitrogen and oxygen atoms in total. The third-order valence-corrected chi connectivity index (χ3v) is 4.80. The van der Waals surface area contributed by atoms with Crippen LogP contribution in [0.25, 0.3) is 6.08 Å². The van der Waals surface area contributed by atoms with Crippen molar-refractivity contribution >= 4 is 46.6 Å². The number of ether oxygens (including phenoxy) is 2. The number of rotatable bonds is 6. The van der Waals surface area contributed by atoms with E-state index < -0.39 is 0 Å². The van der Waals surface area contributed by atoms with Gasteiger partial charge in [-0.3, -0.25) is 4.79 Å². The second-order valence-corrected chi connectivity index (χ2v) is 6.78. The van der Waals surface area contributed by atoms with E-state index in [9.17, 15) is 4.79 Å². The highest BCUT2D eigenvalue weighted by Crippen LogP contribution is 2.32. The molecule has 0 atom stereocenters. The van der Waals surface area contributed by atoms with E-state index in [2.05, 4.69) is 11.7 Å². The summed E-state index contributed by atoms with van der Waals surface area (Å²) in [7, 11) is 1.56. The predicted octanol–water partition coefficient (Wildman–Crippen LogP) is 5.37. The summed E-state index contributed by atoms with van der Waals surface area (Å²) in [5.74, 6) is 0.921. The minimum Gasteiger partial charge on any atom is -0.493 e. The molecule has 0 radical (unpaired) electrons. The zero-order chi connectivity index (χ0) is 20.3. The average molecular weight is 417 g/mol. The molecular weight excluding hydrogens is 399 g/mol. The van der Waals surface area contributed by atoms with Crippen LogP contribution < -0.4 is 14.5 Å². The van der Waals surface area contributed by atoms with E-state index >= 15 is 0 Å². The number of carbonyl (C=O) groups excluding carboxylic acids is 1. The van der Waals surface area contributed by atoms with Gasteiger partial charge in [-0.2, -0.15) is 10.1 Å². The summed E-state index contributed by atoms with van der Waals surface area (Å²) in [6.45, 7) is 5.78. The van der Waals surface area contributed by atoms with Gasteiger partial charge in [0.2, 0.25) is 0 Å². The SMILES string of the molecule is C=CCOc1ccc(/C=C2\C(=O)N(c3ccc(Cl)c(Cl)c3)N=C2C)cc1OC. The molecule has 3 rings (SSSR count). The summed E-state index contributed by atoms with van der Waals surface area (Å²) in [6.07, 6.45) is 3.42. The van der Waals surface area contributed by atoms with Gasteiger partial charge in [0.25, 0.3) is 5.91 Å². The fourth-order valence-corrected chi connectivity index (χ4v) is 2.98. The van der Waals surface area contributed by atoms with E-state index in [0.717, 1.165) is 5.56 Å². The van der Waals surface area contributed by atoms with Gasteiger partial charge >= 0.3 is 0 Å². The van der Waals surface area contributed by atoms with E-state index in [1.54, 1.807) is 56.5 Å². The number of carbonyl (C=O) groups is 1. The molecule has 1 amide bonds. The number of nitrogens with zero attached hydrogens (tertiary/aromatic N) is 2. The summed E-state index contributed by atoms with van der Waals surface area (Å²) >= 11 is 12.0. The van der Waals surface area contributed by atoms with Gasteiger partial charge < -0.3 is 9.47 Å². The summed E-state index contributed by atoms with van der Waals surface area (Å²) in [4.78, 5) is 12.9. The Balaban J connectivity index is 1.90. The monoisotopic (exact) mass is 416 g/mol. The molecule has 1 aliphatic rings. The fourth-order valence-electron chi connectivity index (χ4n) is 2.68. The zero-order valence-electron chi connectivity index (χ0n) is 15.4. The highest BCUT2D eigenvalue weighted by molar-refractivity contribution is 6.42. The third kappa shape index (κ3) is 4.06. The second-order valence-electron chi connectivity index (χ2n) is 5.97. The Morgan fingerprint density at radius 3 is 2.61 bits per heavy atom. The Morgan fingerprint density at radius 1 is 1.14 bits per heavy atom. The smallest absolute Gasteiger partial charge is 0.280 e. The first kappa shape index (κ1) is 20.0. The van der Waals surface area contributed by atoms with Gasteiger partial charge in [0.15, 0.2) is 11.5 Å². The van der Waals surface area contributed by atoms with Crippen LogP contribution in [0, 0.1) is 0 Å². The molecule has 0 N–H and O–H groups in total. The first-order valence-electron chi connectivity index (χ1n) is 8.43. The van der Waals surface area contributed by atoms with Crippen LogP contribution in [0.5, 0.6) is 11.5 Å². The third-order valence-electron chi connectivity index (χ3n) is 4.07. The van der Waals surface area contributed by atoms with E-state index in [1.807, 2.05) is 6.07 Å². The van der Waals surface area contributed by atoms with Crippen LogP contribution in [0.2, 0.25) is 10.0 Å². The number of halogens is 2. The van der Waals surface area contributed by atoms with Crippen molar-refractivity contribution in [1.29, 1.82) is 0 Å². The molecule has 0 bridgehead atoms. The molecule has 1 aliphatic heterocycles. The molecule has 0 saturated heterocycles. The summed E-state index contributed by atoms with van der Waals surface area (Å²) in [5.41, 5.74) is 2.42. The average Bonchev–Trinajstić information content (AvgIpc) is 2.97. The minimum absolute atomic E-state index is 0.248. The number of anilines is 1. The highest BCUT2D eigenvalue weighted by Gasteiger charge is 2.29. The van der Waals surface area contributed by atoms with Crippen LogP contribution in [-0.2, 0) is 4.79 Å². The van der Waals surface area contributed by atoms with Gasteiger partial charge in [0.1, 0.15) is 6.61 Å². The number of benzene rings is 2. The number of hydrogen-bond acceptors (Lipinski definition) is 4. The molecule has 0 aliphatic carbocycles. The molecule has 0 spiro atoms. The molecule has 7 heteroatoms. The van der Waals surface area contributed by atoms with Crippen LogP contribution in [0.15, 0.2) is 59.7 Å². The van der Waals surface area contributed by atoms with Crippen LogP contribution in [0.3, 0.4) is 0 Å². The normalized spacial score (nSPS) is 15.0. The Bertz CT molecular complexity index is 999. The maximum atomic E-state index is 12.9. The topological polar surface area (TPSA) is 51.1 Å². The Hall–Kier alpha value is -2.76. The van der Waals surface area contributed by atoms with Gasteiger partial charge in [0.05, 0.1) is 34.1 Å². The van der Waals surface area contributed by atoms with E-state index in [0.29, 0.717) is 45.1 Å². The number of hydrazone groups is 1. The quantitative estimate of drug-likeness (QED) is 0.469. The van der Waals surface area contributed by atoms with Gasteiger partial charge in [0, 0.05) is 0 Å². The van der Waals surface area contributed by atoms with Crippen LogP contribution in [-0.4, -0.2) is 25.3 Å². The maximum absolute atomic E-state index is 12.9. The second kappa shape index (κ2) is 8.50. The van der Waals surface area contributed by atoms with Crippen molar-refractivity contribution in [2.24, 2.45) is 5.10 Å². The lowest BCUT2D eigenvalue weighted by molar-refractivity contribution is -0.114. The van der Waals surface area contributed by atoms with Crippen LogP contribution in [0.4, 0.5) is 5.69 Å². The molecular formula is C21H18Cl2N2O3. The Morgan fingerprint density at radius 2 is 1.93 bits per heavy atom. The molecule has 0 unspecified atom stereocenters. The lowest BCUT2D eigenvalue weighted by atomic mass is 10.1. The molecule has 2 aromatic carbocycles. The Labute approximate surface area is 173 Å². The molecule has 1 heterocycles. The summed E-state index contributed by atoms with van der Waals surface area (Å²) < 4.78 is 10.9. The van der Waals surface area contributed by atoms with Crippen molar-refractivity contribution in [3.63, 3.8) is 0 Å². The van der Waals surface area contributed by atoms with Crippen molar-refractivity contribution in [2.45, 2.75) is 6.92 Å². The van der Waals surface area contributed by atoms with Gasteiger partial charge in [-0.05, 0) is 48.9 Å². The minimum atomic E-state index is -0.248. The van der Waals surface area contributed by atoms with Gasteiger partial charge in [-0.25, -0.2) is 0 Å². The number of methoxy groups -OCH3 is 1. The van der Waals surface area contributed by atoms with Crippen molar-refractivity contribution in [2.75, 3.05) is 18.7 Å². The number of hydrogen-bond donors (Lipinski definition) is 0. The standard InChI is InChI=1S/C21H18Cl2N2O3/c1-4-9-28-19-8-5-14(11-20(19)27-3)10-16-13(2)24-25(21(16)26)15-6-7-17(22)18(23)12-15/h4-8,10-12H,1,9H2,2-3H3/b16-10-.